The fourth-order valence-corrected chi connectivity index (χ4v) is 2.29. The highest BCUT2D eigenvalue weighted by atomic mass is 16.5. The molecule has 0 aliphatic rings. The van der Waals surface area contributed by atoms with Crippen LogP contribution in [0.5, 0.6) is 11.5 Å². The number of benzene rings is 1. The number of hydrogen-bond acceptors (Lipinski definition) is 6. The highest BCUT2D eigenvalue weighted by Gasteiger charge is 2.12. The second-order valence-electron chi connectivity index (χ2n) is 4.70. The number of fused-ring (bicyclic) bond motifs is 1. The van der Waals surface area contributed by atoms with Gasteiger partial charge < -0.3 is 19.9 Å². The van der Waals surface area contributed by atoms with Crippen molar-refractivity contribution in [2.24, 2.45) is 5.73 Å². The molecule has 2 rings (SSSR count). The molecule has 6 nitrogen and oxygen atoms in total. The summed E-state index contributed by atoms with van der Waals surface area (Å²) in [5.74, 6) is 0.798. The van der Waals surface area contributed by atoms with Gasteiger partial charge in [0.1, 0.15) is 0 Å². The van der Waals surface area contributed by atoms with Gasteiger partial charge in [0.2, 0.25) is 0 Å². The lowest BCUT2D eigenvalue weighted by Gasteiger charge is -2.12. The molecule has 0 aliphatic carbocycles. The first kappa shape index (κ1) is 16.8. The molecule has 1 heterocycles. The quantitative estimate of drug-likeness (QED) is 0.650. The van der Waals surface area contributed by atoms with Crippen LogP contribution in [0.1, 0.15) is 18.2 Å². The zero-order valence-electron chi connectivity index (χ0n) is 13.5. The van der Waals surface area contributed by atoms with Crippen LogP contribution in [0.4, 0.5) is 0 Å². The molecule has 6 heteroatoms. The van der Waals surface area contributed by atoms with Crippen LogP contribution in [-0.4, -0.2) is 31.8 Å². The fourth-order valence-electron chi connectivity index (χ4n) is 2.29. The van der Waals surface area contributed by atoms with Gasteiger partial charge in [-0.25, -0.2) is 4.79 Å². The number of rotatable bonds is 6. The predicted octanol–water partition coefficient (Wildman–Crippen LogP) is 2.29. The minimum absolute atomic E-state index is 0.299. The molecule has 0 atom stereocenters. The van der Waals surface area contributed by atoms with Crippen molar-refractivity contribution in [1.29, 1.82) is 0 Å². The maximum absolute atomic E-state index is 11.5. The van der Waals surface area contributed by atoms with Gasteiger partial charge in [-0.2, -0.15) is 0 Å². The van der Waals surface area contributed by atoms with Crippen molar-refractivity contribution in [2.75, 3.05) is 20.8 Å². The minimum atomic E-state index is -0.399. The lowest BCUT2D eigenvalue weighted by Crippen LogP contribution is -2.02. The Morgan fingerprint density at radius 3 is 2.43 bits per heavy atom. The topological polar surface area (TPSA) is 83.7 Å². The number of carbonyl (C=O) groups is 1. The molecule has 2 N–H and O–H groups in total. The summed E-state index contributed by atoms with van der Waals surface area (Å²) in [6.45, 7) is 2.39. The van der Waals surface area contributed by atoms with E-state index in [2.05, 4.69) is 4.98 Å². The third-order valence-electron chi connectivity index (χ3n) is 3.38. The van der Waals surface area contributed by atoms with Crippen molar-refractivity contribution in [1.82, 2.24) is 4.98 Å². The average Bonchev–Trinajstić information content (AvgIpc) is 2.58. The van der Waals surface area contributed by atoms with E-state index >= 15 is 0 Å². The second kappa shape index (κ2) is 7.60. The van der Waals surface area contributed by atoms with Crippen molar-refractivity contribution in [2.45, 2.75) is 13.5 Å². The fraction of sp³-hybridized carbons (Fsp3) is 0.294. The number of ether oxygens (including phenoxy) is 3. The average molecular weight is 316 g/mol. The van der Waals surface area contributed by atoms with Crippen LogP contribution in [0.25, 0.3) is 16.8 Å². The van der Waals surface area contributed by atoms with Crippen molar-refractivity contribution in [3.63, 3.8) is 0 Å². The number of methoxy groups -OCH3 is 2. The molecule has 0 spiro atoms. The summed E-state index contributed by atoms with van der Waals surface area (Å²) >= 11 is 0. The van der Waals surface area contributed by atoms with E-state index in [0.29, 0.717) is 24.7 Å². The Kier molecular flexibility index (Phi) is 5.54. The summed E-state index contributed by atoms with van der Waals surface area (Å²) < 4.78 is 15.6. The van der Waals surface area contributed by atoms with Gasteiger partial charge in [0.05, 0.1) is 26.5 Å². The molecule has 0 saturated carbocycles. The first-order valence-electron chi connectivity index (χ1n) is 7.23. The number of esters is 1. The summed E-state index contributed by atoms with van der Waals surface area (Å²) in [5.41, 5.74) is 7.28. The zero-order valence-corrected chi connectivity index (χ0v) is 13.5. The standard InChI is InChI=1S/C17H20N2O4/c1-4-23-17(20)6-5-11-10-19-14(9-18)13-8-16(22-3)15(21-2)7-12(11)13/h5-8,10H,4,9,18H2,1-3H3/b6-5-. The van der Waals surface area contributed by atoms with E-state index in [1.807, 2.05) is 12.1 Å². The van der Waals surface area contributed by atoms with Gasteiger partial charge >= 0.3 is 5.97 Å². The van der Waals surface area contributed by atoms with Crippen LogP contribution < -0.4 is 15.2 Å². The van der Waals surface area contributed by atoms with Gasteiger partial charge in [-0.05, 0) is 30.5 Å². The molecule has 0 amide bonds. The summed E-state index contributed by atoms with van der Waals surface area (Å²) in [6.07, 6.45) is 4.71. The molecule has 1 aromatic heterocycles. The SMILES string of the molecule is CCOC(=O)/C=C\c1cnc(CN)c2cc(OC)c(OC)cc12. The van der Waals surface area contributed by atoms with Crippen molar-refractivity contribution in [3.8, 4) is 11.5 Å². The predicted molar refractivity (Wildman–Crippen MR) is 88.4 cm³/mol. The Balaban J connectivity index is 2.60. The summed E-state index contributed by atoms with van der Waals surface area (Å²) in [5, 5.41) is 1.73. The van der Waals surface area contributed by atoms with Crippen LogP contribution in [0, 0.1) is 0 Å². The smallest absolute Gasteiger partial charge is 0.330 e. The first-order chi connectivity index (χ1) is 11.1. The van der Waals surface area contributed by atoms with Gasteiger partial charge in [-0.3, -0.25) is 4.98 Å². The van der Waals surface area contributed by atoms with Crippen LogP contribution in [-0.2, 0) is 16.1 Å². The van der Waals surface area contributed by atoms with E-state index in [1.165, 1.54) is 6.08 Å². The van der Waals surface area contributed by atoms with Crippen molar-refractivity contribution in [3.05, 3.63) is 35.7 Å². The van der Waals surface area contributed by atoms with Crippen molar-refractivity contribution >= 4 is 22.8 Å². The molecule has 122 valence electrons. The normalized spacial score (nSPS) is 11.0. The van der Waals surface area contributed by atoms with E-state index < -0.39 is 5.97 Å². The van der Waals surface area contributed by atoms with E-state index in [-0.39, 0.29) is 0 Å². The summed E-state index contributed by atoms with van der Waals surface area (Å²) in [4.78, 5) is 15.9. The molecule has 0 bridgehead atoms. The summed E-state index contributed by atoms with van der Waals surface area (Å²) in [6, 6.07) is 3.69. The Labute approximate surface area is 134 Å². The Morgan fingerprint density at radius 1 is 1.22 bits per heavy atom. The molecule has 0 aliphatic heterocycles. The number of carbonyl (C=O) groups excluding carboxylic acids is 1. The number of pyridine rings is 1. The highest BCUT2D eigenvalue weighted by molar-refractivity contribution is 5.97. The molecule has 2 aromatic rings. The lowest BCUT2D eigenvalue weighted by molar-refractivity contribution is -0.137. The Bertz CT molecular complexity index is 741. The van der Waals surface area contributed by atoms with E-state index in [9.17, 15) is 4.79 Å². The lowest BCUT2D eigenvalue weighted by atomic mass is 10.0. The Hall–Kier alpha value is -2.60. The van der Waals surface area contributed by atoms with Crippen LogP contribution in [0.15, 0.2) is 24.4 Å². The van der Waals surface area contributed by atoms with Crippen LogP contribution >= 0.6 is 0 Å². The second-order valence-corrected chi connectivity index (χ2v) is 4.70. The van der Waals surface area contributed by atoms with Gasteiger partial charge in [0.15, 0.2) is 11.5 Å². The first-order valence-corrected chi connectivity index (χ1v) is 7.23. The Morgan fingerprint density at radius 2 is 1.87 bits per heavy atom. The molecule has 0 saturated heterocycles. The molecule has 1 aromatic carbocycles. The van der Waals surface area contributed by atoms with Gasteiger partial charge in [0, 0.05) is 29.8 Å². The third-order valence-corrected chi connectivity index (χ3v) is 3.38. The van der Waals surface area contributed by atoms with Crippen LogP contribution in [0.2, 0.25) is 0 Å². The highest BCUT2D eigenvalue weighted by Crippen LogP contribution is 2.35. The minimum Gasteiger partial charge on any atom is -0.493 e. The molecule has 0 fully saturated rings. The molecule has 0 radical (unpaired) electrons. The van der Waals surface area contributed by atoms with Crippen molar-refractivity contribution < 1.29 is 19.0 Å². The zero-order chi connectivity index (χ0) is 16.8. The largest absolute Gasteiger partial charge is 0.493 e. The molecule has 0 unspecified atom stereocenters. The maximum atomic E-state index is 11.5. The number of nitrogens with zero attached hydrogens (tertiary/aromatic N) is 1. The van der Waals surface area contributed by atoms with Gasteiger partial charge in [-0.15, -0.1) is 0 Å². The molecular formula is C17H20N2O4. The van der Waals surface area contributed by atoms with Gasteiger partial charge in [0.25, 0.3) is 0 Å². The number of hydrogen-bond donors (Lipinski definition) is 1. The maximum Gasteiger partial charge on any atom is 0.330 e. The van der Waals surface area contributed by atoms with E-state index in [0.717, 1.165) is 22.0 Å². The van der Waals surface area contributed by atoms with Crippen LogP contribution in [0.3, 0.4) is 0 Å². The third kappa shape index (κ3) is 3.60. The molecular weight excluding hydrogens is 296 g/mol. The number of nitrogens with two attached hydrogens (primary N) is 1. The van der Waals surface area contributed by atoms with Gasteiger partial charge in [-0.1, -0.05) is 0 Å². The molecule has 23 heavy (non-hydrogen) atoms. The summed E-state index contributed by atoms with van der Waals surface area (Å²) in [7, 11) is 3.15. The number of aromatic nitrogens is 1. The monoisotopic (exact) mass is 316 g/mol. The van der Waals surface area contributed by atoms with E-state index in [1.54, 1.807) is 33.4 Å². The van der Waals surface area contributed by atoms with E-state index in [4.69, 9.17) is 19.9 Å².